The second-order valence-electron chi connectivity index (χ2n) is 5.33. The summed E-state index contributed by atoms with van der Waals surface area (Å²) in [6.07, 6.45) is 14.4. The van der Waals surface area contributed by atoms with Gasteiger partial charge < -0.3 is 9.47 Å². The van der Waals surface area contributed by atoms with E-state index in [2.05, 4.69) is 35.5 Å². The van der Waals surface area contributed by atoms with Gasteiger partial charge in [-0.3, -0.25) is 0 Å². The lowest BCUT2D eigenvalue weighted by atomic mass is 10.2. The second-order valence-corrected chi connectivity index (χ2v) is 6.18. The van der Waals surface area contributed by atoms with Gasteiger partial charge in [-0.15, -0.1) is 0 Å². The normalized spacial score (nSPS) is 14.3. The Morgan fingerprint density at radius 1 is 0.955 bits per heavy atom. The molecule has 3 radical (unpaired) electrons. The molecule has 0 aromatic heterocycles. The van der Waals surface area contributed by atoms with Crippen molar-refractivity contribution < 1.29 is 10.9 Å². The molecule has 0 amide bonds. The molecule has 0 aromatic carbocycles. The third-order valence-electron chi connectivity index (χ3n) is 3.35. The zero-order valence-electron chi connectivity index (χ0n) is 14.1. The molecule has 1 aliphatic rings. The summed E-state index contributed by atoms with van der Waals surface area (Å²) < 4.78 is 12.4. The number of hydrogen-bond acceptors (Lipinski definition) is 2. The molecule has 4 heteroatoms. The van der Waals surface area contributed by atoms with Gasteiger partial charge in [-0.2, -0.15) is 0 Å². The van der Waals surface area contributed by atoms with Crippen LogP contribution < -0.4 is 0 Å². The van der Waals surface area contributed by atoms with Crippen LogP contribution in [-0.2, 0) is 9.47 Å². The molecule has 1 aliphatic carbocycles. The third kappa shape index (κ3) is 10.1. The van der Waals surface area contributed by atoms with E-state index < -0.39 is 0 Å². The van der Waals surface area contributed by atoms with Crippen molar-refractivity contribution in [3.63, 3.8) is 0 Å². The minimum atomic E-state index is 0. The van der Waals surface area contributed by atoms with Gasteiger partial charge in [0.2, 0.25) is 0 Å². The Kier molecular flexibility index (Phi) is 15.0. The van der Waals surface area contributed by atoms with Crippen molar-refractivity contribution >= 4 is 39.0 Å². The summed E-state index contributed by atoms with van der Waals surface area (Å²) in [5, 5.41) is 0. The van der Waals surface area contributed by atoms with Crippen LogP contribution in [-0.4, -0.2) is 36.3 Å². The number of unbranched alkanes of at least 4 members (excludes halogenated alkanes) is 6. The lowest BCUT2D eigenvalue weighted by molar-refractivity contribution is 0.173. The van der Waals surface area contributed by atoms with Crippen molar-refractivity contribution in [3.8, 4) is 0 Å². The Balaban J connectivity index is 0. The van der Waals surface area contributed by atoms with Crippen LogP contribution in [0.1, 0.15) is 66.6 Å². The third-order valence-corrected chi connectivity index (χ3v) is 3.97. The topological polar surface area (TPSA) is 18.5 Å². The molecule has 0 fully saturated rings. The maximum absolute atomic E-state index is 5.76. The number of rotatable bonds is 12. The Morgan fingerprint density at radius 2 is 1.55 bits per heavy atom. The van der Waals surface area contributed by atoms with Crippen LogP contribution in [0, 0.1) is 6.10 Å². The fraction of sp³-hybridized carbons (Fsp3) is 0.667. The molecule has 0 saturated carbocycles. The van der Waals surface area contributed by atoms with Crippen LogP contribution in [0.4, 0.5) is 0 Å². The van der Waals surface area contributed by atoms with E-state index in [1.807, 2.05) is 12.2 Å². The number of hydrogen-bond donors (Lipinski definition) is 0. The van der Waals surface area contributed by atoms with Crippen LogP contribution in [0.15, 0.2) is 28.1 Å². The molecule has 0 aliphatic heterocycles. The highest BCUT2D eigenvalue weighted by Gasteiger charge is 2.15. The maximum Gasteiger partial charge on any atom is 0.163 e. The van der Waals surface area contributed by atoms with Gasteiger partial charge in [0, 0.05) is 47.7 Å². The average Bonchev–Trinajstić information content (AvgIpc) is 2.48. The highest BCUT2D eigenvalue weighted by molar-refractivity contribution is 9.11. The van der Waals surface area contributed by atoms with Gasteiger partial charge in [0.25, 0.3) is 0 Å². The molecule has 1 rings (SSSR count). The largest absolute Gasteiger partial charge is 0.486 e. The molecule has 0 saturated heterocycles. The van der Waals surface area contributed by atoms with Gasteiger partial charge in [-0.05, 0) is 12.8 Å². The van der Waals surface area contributed by atoms with Crippen LogP contribution in [0.3, 0.4) is 0 Å². The van der Waals surface area contributed by atoms with E-state index in [0.717, 1.165) is 42.4 Å². The van der Waals surface area contributed by atoms with Crippen molar-refractivity contribution in [1.82, 2.24) is 0 Å². The molecule has 123 valence electrons. The van der Waals surface area contributed by atoms with E-state index in [-0.39, 0.29) is 24.5 Å². The van der Waals surface area contributed by atoms with Crippen LogP contribution in [0.5, 0.6) is 0 Å². The Labute approximate surface area is 162 Å². The summed E-state index contributed by atoms with van der Waals surface area (Å²) in [6, 6.07) is 0. The van der Waals surface area contributed by atoms with Gasteiger partial charge in [0.1, 0.15) is 0 Å². The van der Waals surface area contributed by atoms with Crippen LogP contribution >= 0.6 is 15.9 Å². The molecule has 2 nitrogen and oxygen atoms in total. The SMILES string of the molecule is CCCCCCO[C]1C=C=C(OCCCCCC)C=C1Br.[HH].[Mg]. The summed E-state index contributed by atoms with van der Waals surface area (Å²) in [5.74, 6) is 0.789. The van der Waals surface area contributed by atoms with Crippen molar-refractivity contribution in [1.29, 1.82) is 0 Å². The molecule has 0 aromatic rings. The predicted octanol–water partition coefficient (Wildman–Crippen LogP) is 5.91. The molecule has 0 bridgehead atoms. The van der Waals surface area contributed by atoms with Gasteiger partial charge in [0.15, 0.2) is 11.9 Å². The zero-order valence-corrected chi connectivity index (χ0v) is 17.1. The Bertz CT molecular complexity index is 379. The molecule has 22 heavy (non-hydrogen) atoms. The number of ether oxygens (including phenoxy) is 2. The van der Waals surface area contributed by atoms with Crippen molar-refractivity contribution in [2.45, 2.75) is 65.2 Å². The van der Waals surface area contributed by atoms with E-state index in [4.69, 9.17) is 9.47 Å². The van der Waals surface area contributed by atoms with Gasteiger partial charge in [0.05, 0.1) is 6.61 Å². The highest BCUT2D eigenvalue weighted by Crippen LogP contribution is 2.28. The second kappa shape index (κ2) is 14.8. The van der Waals surface area contributed by atoms with Crippen LogP contribution in [0.25, 0.3) is 0 Å². The van der Waals surface area contributed by atoms with E-state index in [9.17, 15) is 0 Å². The first kappa shape index (κ1) is 22.3. The monoisotopic (exact) mass is 381 g/mol. The van der Waals surface area contributed by atoms with Crippen molar-refractivity contribution in [2.24, 2.45) is 0 Å². The van der Waals surface area contributed by atoms with Gasteiger partial charge >= 0.3 is 0 Å². The fourth-order valence-corrected chi connectivity index (χ4v) is 2.49. The summed E-state index contributed by atoms with van der Waals surface area (Å²) >= 11 is 3.54. The van der Waals surface area contributed by atoms with Gasteiger partial charge in [-0.1, -0.05) is 74.0 Å². The summed E-state index contributed by atoms with van der Waals surface area (Å²) in [5.41, 5.74) is 3.14. The van der Waals surface area contributed by atoms with E-state index in [1.165, 1.54) is 38.5 Å². The lowest BCUT2D eigenvalue weighted by Crippen LogP contribution is -2.05. The Morgan fingerprint density at radius 3 is 2.09 bits per heavy atom. The summed E-state index contributed by atoms with van der Waals surface area (Å²) in [6.45, 7) is 5.96. The van der Waals surface area contributed by atoms with Gasteiger partial charge in [-0.25, -0.2) is 0 Å². The standard InChI is InChI=1S/C18H28BrO2.Mg.H2/c1-3-5-7-9-13-20-16-11-12-18(17(19)15-16)21-14-10-8-6-4-2;;/h12,15H,3-10,13-14H2,1-2H3;;1H. The average molecular weight is 383 g/mol. The first-order chi connectivity index (χ1) is 10.3. The molecule has 0 N–H and O–H groups in total. The Hall–Kier alpha value is 0.266. The fourth-order valence-electron chi connectivity index (χ4n) is 2.05. The number of halogens is 1. The van der Waals surface area contributed by atoms with Crippen molar-refractivity contribution in [3.05, 3.63) is 34.2 Å². The molecular weight excluding hydrogens is 352 g/mol. The first-order valence-electron chi connectivity index (χ1n) is 8.24. The van der Waals surface area contributed by atoms with E-state index >= 15 is 0 Å². The molecule has 0 heterocycles. The van der Waals surface area contributed by atoms with Crippen molar-refractivity contribution in [2.75, 3.05) is 13.2 Å². The minimum absolute atomic E-state index is 0. The molecule has 0 atom stereocenters. The summed E-state index contributed by atoms with van der Waals surface area (Å²) in [7, 11) is 0. The predicted molar refractivity (Wildman–Crippen MR) is 99.9 cm³/mol. The first-order valence-corrected chi connectivity index (χ1v) is 9.04. The van der Waals surface area contributed by atoms with E-state index in [1.54, 1.807) is 0 Å². The van der Waals surface area contributed by atoms with Crippen LogP contribution in [0.2, 0.25) is 0 Å². The quantitative estimate of drug-likeness (QED) is 0.237. The van der Waals surface area contributed by atoms with E-state index in [0.29, 0.717) is 0 Å². The molecule has 0 spiro atoms. The maximum atomic E-state index is 5.76. The summed E-state index contributed by atoms with van der Waals surface area (Å²) in [4.78, 5) is 0. The minimum Gasteiger partial charge on any atom is -0.486 e. The molecule has 0 unspecified atom stereocenters. The zero-order chi connectivity index (χ0) is 15.3. The highest BCUT2D eigenvalue weighted by atomic mass is 79.9. The molecular formula is C18H30BrMgO2. The smallest absolute Gasteiger partial charge is 0.163 e. The lowest BCUT2D eigenvalue weighted by Gasteiger charge is -2.15.